The van der Waals surface area contributed by atoms with Crippen molar-refractivity contribution < 1.29 is 14.7 Å². The van der Waals surface area contributed by atoms with Crippen LogP contribution in [0.5, 0.6) is 0 Å². The molecule has 5 heteroatoms. The van der Waals surface area contributed by atoms with Crippen LogP contribution in [-0.2, 0) is 9.59 Å². The van der Waals surface area contributed by atoms with Crippen LogP contribution < -0.4 is 0 Å². The van der Waals surface area contributed by atoms with Crippen molar-refractivity contribution in [1.82, 2.24) is 0 Å². The van der Waals surface area contributed by atoms with Gasteiger partial charge in [-0.05, 0) is 6.92 Å². The summed E-state index contributed by atoms with van der Waals surface area (Å²) in [7, 11) is 0. The topological polar surface area (TPSA) is 54.4 Å². The van der Waals surface area contributed by atoms with Gasteiger partial charge in [-0.25, -0.2) is 0 Å². The number of carbonyl (C=O) groups excluding carboxylic acids is 1. The molecule has 0 unspecified atom stereocenters. The predicted octanol–water partition coefficient (Wildman–Crippen LogP) is 1.62. The maximum absolute atomic E-state index is 11.2. The lowest BCUT2D eigenvalue weighted by Gasteiger charge is -2.19. The fourth-order valence-electron chi connectivity index (χ4n) is 1.25. The Morgan fingerprint density at radius 2 is 1.92 bits per heavy atom. The van der Waals surface area contributed by atoms with E-state index in [1.165, 1.54) is 0 Å². The molecule has 0 bridgehead atoms. The Labute approximate surface area is 85.7 Å². The zero-order valence-electron chi connectivity index (χ0n) is 7.41. The molecule has 1 saturated heterocycles. The first-order valence-electron chi connectivity index (χ1n) is 4.03. The highest BCUT2D eigenvalue weighted by Crippen LogP contribution is 2.46. The highest BCUT2D eigenvalue weighted by atomic mass is 32.2. The van der Waals surface area contributed by atoms with Crippen LogP contribution in [0.4, 0.5) is 0 Å². The average molecular weight is 220 g/mol. The first-order chi connectivity index (χ1) is 6.02. The summed E-state index contributed by atoms with van der Waals surface area (Å²) in [5.41, 5.74) is 0. The van der Waals surface area contributed by atoms with E-state index in [-0.39, 0.29) is 16.3 Å². The van der Waals surface area contributed by atoms with E-state index in [0.29, 0.717) is 6.42 Å². The number of carbonyl (C=O) groups is 2. The van der Waals surface area contributed by atoms with Gasteiger partial charge in [0.2, 0.25) is 0 Å². The Hall–Kier alpha value is -0.160. The quantitative estimate of drug-likeness (QED) is 0.730. The Balaban J connectivity index is 2.38. The van der Waals surface area contributed by atoms with Gasteiger partial charge in [-0.1, -0.05) is 0 Å². The predicted molar refractivity (Wildman–Crippen MR) is 55.2 cm³/mol. The van der Waals surface area contributed by atoms with Gasteiger partial charge in [-0.3, -0.25) is 9.59 Å². The molecule has 0 aromatic rings. The monoisotopic (exact) mass is 220 g/mol. The molecule has 0 aromatic heterocycles. The van der Waals surface area contributed by atoms with Crippen LogP contribution in [0.25, 0.3) is 0 Å². The number of carboxylic acid groups (broad SMARTS) is 1. The van der Waals surface area contributed by atoms with Gasteiger partial charge in [-0.15, -0.1) is 23.5 Å². The van der Waals surface area contributed by atoms with Crippen molar-refractivity contribution in [1.29, 1.82) is 0 Å². The normalized spacial score (nSPS) is 20.1. The van der Waals surface area contributed by atoms with Gasteiger partial charge in [-0.2, -0.15) is 0 Å². The molecule has 13 heavy (non-hydrogen) atoms. The Kier molecular flexibility index (Phi) is 3.67. The van der Waals surface area contributed by atoms with E-state index in [1.54, 1.807) is 23.5 Å². The molecule has 1 aliphatic heterocycles. The van der Waals surface area contributed by atoms with Crippen molar-refractivity contribution >= 4 is 35.3 Å². The van der Waals surface area contributed by atoms with Gasteiger partial charge < -0.3 is 5.11 Å². The number of thioether (sulfide) groups is 2. The summed E-state index contributed by atoms with van der Waals surface area (Å²) in [6.45, 7) is 2.01. The molecule has 1 rings (SSSR count). The minimum absolute atomic E-state index is 0.0769. The summed E-state index contributed by atoms with van der Waals surface area (Å²) in [6, 6.07) is 0. The van der Waals surface area contributed by atoms with E-state index in [2.05, 4.69) is 0 Å². The van der Waals surface area contributed by atoms with Gasteiger partial charge in [0.25, 0.3) is 0 Å². The summed E-state index contributed by atoms with van der Waals surface area (Å²) in [5, 5.41) is 8.41. The van der Waals surface area contributed by atoms with Crippen molar-refractivity contribution in [2.45, 2.75) is 23.8 Å². The first-order valence-corrected chi connectivity index (χ1v) is 6.00. The molecule has 0 saturated carbocycles. The minimum Gasteiger partial charge on any atom is -0.481 e. The lowest BCUT2D eigenvalue weighted by molar-refractivity contribution is -0.140. The maximum Gasteiger partial charge on any atom is 0.310 e. The first kappa shape index (κ1) is 10.9. The second-order valence-electron chi connectivity index (χ2n) is 3.12. The number of carboxylic acids is 1. The van der Waals surface area contributed by atoms with Crippen LogP contribution in [0.1, 0.15) is 19.8 Å². The zero-order chi connectivity index (χ0) is 9.90. The van der Waals surface area contributed by atoms with Crippen molar-refractivity contribution in [3.8, 4) is 0 Å². The van der Waals surface area contributed by atoms with Gasteiger partial charge in [0.05, 0.1) is 4.08 Å². The summed E-state index contributed by atoms with van der Waals surface area (Å²) < 4.78 is -0.0769. The fraction of sp³-hybridized carbons (Fsp3) is 0.750. The molecule has 1 N–H and O–H groups in total. The minimum atomic E-state index is -1.03. The van der Waals surface area contributed by atoms with Gasteiger partial charge >= 0.3 is 5.97 Å². The molecule has 3 nitrogen and oxygen atoms in total. The molecule has 74 valence electrons. The number of aliphatic carboxylic acids is 1. The second kappa shape index (κ2) is 4.37. The molecular formula is C8H12O3S2. The maximum atomic E-state index is 11.2. The van der Waals surface area contributed by atoms with E-state index in [0.717, 1.165) is 11.5 Å². The average Bonchev–Trinajstić information content (AvgIpc) is 2.33. The van der Waals surface area contributed by atoms with Gasteiger partial charge in [0, 0.05) is 17.9 Å². The molecule has 0 radical (unpaired) electrons. The van der Waals surface area contributed by atoms with Crippen molar-refractivity contribution in [2.75, 3.05) is 11.5 Å². The third kappa shape index (κ3) is 3.60. The third-order valence-corrected chi connectivity index (χ3v) is 5.06. The highest BCUT2D eigenvalue weighted by Gasteiger charge is 2.32. The van der Waals surface area contributed by atoms with Crippen LogP contribution in [0.15, 0.2) is 0 Å². The molecule has 0 aliphatic carbocycles. The molecule has 1 fully saturated rings. The number of hydrogen-bond donors (Lipinski definition) is 1. The molecule has 0 atom stereocenters. The lowest BCUT2D eigenvalue weighted by Crippen LogP contribution is -2.19. The smallest absolute Gasteiger partial charge is 0.310 e. The summed E-state index contributed by atoms with van der Waals surface area (Å²) in [6.07, 6.45) is 0.0331. The fourth-order valence-corrected chi connectivity index (χ4v) is 4.14. The van der Waals surface area contributed by atoms with E-state index >= 15 is 0 Å². The molecule has 0 aromatic carbocycles. The van der Waals surface area contributed by atoms with Crippen molar-refractivity contribution in [3.05, 3.63) is 0 Å². The van der Waals surface area contributed by atoms with Gasteiger partial charge in [0.1, 0.15) is 12.2 Å². The molecular weight excluding hydrogens is 208 g/mol. The van der Waals surface area contributed by atoms with Gasteiger partial charge in [0.15, 0.2) is 0 Å². The van der Waals surface area contributed by atoms with Crippen LogP contribution >= 0.6 is 23.5 Å². The SMILES string of the molecule is CC1(CC(=O)CC(=O)O)SCCS1. The largest absolute Gasteiger partial charge is 0.481 e. The zero-order valence-corrected chi connectivity index (χ0v) is 9.04. The standard InChI is InChI=1S/C8H12O3S2/c1-8(12-2-3-13-8)5-6(9)4-7(10)11/h2-5H2,1H3,(H,10,11). The number of Topliss-reactive ketones (excluding diaryl/α,β-unsaturated/α-hetero) is 1. The van der Waals surface area contributed by atoms with Crippen LogP contribution in [0, 0.1) is 0 Å². The van der Waals surface area contributed by atoms with E-state index in [1.807, 2.05) is 6.92 Å². The number of hydrogen-bond acceptors (Lipinski definition) is 4. The molecule has 0 amide bonds. The van der Waals surface area contributed by atoms with Crippen LogP contribution in [-0.4, -0.2) is 32.4 Å². The molecule has 1 heterocycles. The van der Waals surface area contributed by atoms with Crippen molar-refractivity contribution in [2.24, 2.45) is 0 Å². The molecule has 1 aliphatic rings. The summed E-state index contributed by atoms with van der Waals surface area (Å²) in [4.78, 5) is 21.5. The van der Waals surface area contributed by atoms with E-state index < -0.39 is 5.97 Å². The van der Waals surface area contributed by atoms with Crippen LogP contribution in [0.2, 0.25) is 0 Å². The Bertz CT molecular complexity index is 221. The summed E-state index contributed by atoms with van der Waals surface area (Å²) in [5.74, 6) is 0.918. The van der Waals surface area contributed by atoms with E-state index in [9.17, 15) is 9.59 Å². The number of ketones is 1. The summed E-state index contributed by atoms with van der Waals surface area (Å²) >= 11 is 3.50. The lowest BCUT2D eigenvalue weighted by atomic mass is 10.2. The van der Waals surface area contributed by atoms with Crippen molar-refractivity contribution in [3.63, 3.8) is 0 Å². The Morgan fingerprint density at radius 1 is 1.38 bits per heavy atom. The second-order valence-corrected chi connectivity index (χ2v) is 6.57. The highest BCUT2D eigenvalue weighted by molar-refractivity contribution is 8.21. The number of rotatable bonds is 4. The Morgan fingerprint density at radius 3 is 2.38 bits per heavy atom. The van der Waals surface area contributed by atoms with E-state index in [4.69, 9.17) is 5.11 Å². The van der Waals surface area contributed by atoms with Crippen LogP contribution in [0.3, 0.4) is 0 Å². The third-order valence-electron chi connectivity index (χ3n) is 1.76. The molecule has 0 spiro atoms.